The Labute approximate surface area is 177 Å². The molecule has 2 aliphatic carbocycles. The van der Waals surface area contributed by atoms with E-state index in [1.165, 1.54) is 25.7 Å². The fourth-order valence-electron chi connectivity index (χ4n) is 4.33. The van der Waals surface area contributed by atoms with Gasteiger partial charge in [-0.1, -0.05) is 12.8 Å². The summed E-state index contributed by atoms with van der Waals surface area (Å²) in [6.07, 6.45) is 6.36. The van der Waals surface area contributed by atoms with Gasteiger partial charge in [0.05, 0.1) is 6.10 Å². The van der Waals surface area contributed by atoms with Crippen LogP contribution in [-0.2, 0) is 11.3 Å². The molecule has 2 unspecified atom stereocenters. The predicted octanol–water partition coefficient (Wildman–Crippen LogP) is 2.79. The molecule has 2 atom stereocenters. The topological polar surface area (TPSA) is 102 Å². The van der Waals surface area contributed by atoms with Gasteiger partial charge >= 0.3 is 0 Å². The maximum Gasteiger partial charge on any atom is 0.284 e. The Kier molecular flexibility index (Phi) is 7.96. The summed E-state index contributed by atoms with van der Waals surface area (Å²) in [5.41, 5.74) is 5.47. The van der Waals surface area contributed by atoms with Gasteiger partial charge in [0.1, 0.15) is 12.3 Å². The molecule has 152 valence electrons. The van der Waals surface area contributed by atoms with Gasteiger partial charge in [-0.2, -0.15) is 0 Å². The maximum absolute atomic E-state index is 11.1. The minimum Gasteiger partial charge on any atom is -0.454 e. The number of hydrogen-bond donors (Lipinski definition) is 3. The van der Waals surface area contributed by atoms with Gasteiger partial charge in [0.2, 0.25) is 0 Å². The molecule has 1 heterocycles. The van der Waals surface area contributed by atoms with E-state index in [1.807, 2.05) is 6.92 Å². The highest BCUT2D eigenvalue weighted by Gasteiger charge is 2.56. The first-order valence-electron chi connectivity index (χ1n) is 9.64. The third kappa shape index (κ3) is 4.77. The summed E-state index contributed by atoms with van der Waals surface area (Å²) in [5.74, 6) is 0.990. The van der Waals surface area contributed by atoms with Gasteiger partial charge < -0.3 is 25.5 Å². The molecule has 1 spiro atoms. The van der Waals surface area contributed by atoms with Crippen molar-refractivity contribution in [2.75, 3.05) is 13.2 Å². The second-order valence-corrected chi connectivity index (χ2v) is 7.14. The summed E-state index contributed by atoms with van der Waals surface area (Å²) in [4.78, 5) is 15.7. The molecule has 1 amide bonds. The zero-order valence-electron chi connectivity index (χ0n) is 16.1. The summed E-state index contributed by atoms with van der Waals surface area (Å²) < 4.78 is 11.4. The lowest BCUT2D eigenvalue weighted by atomic mass is 9.60. The smallest absolute Gasteiger partial charge is 0.284 e. The Morgan fingerprint density at radius 2 is 2.11 bits per heavy atom. The number of carbonyl (C=O) groups is 1. The first kappa shape index (κ1) is 22.0. The van der Waals surface area contributed by atoms with Crippen LogP contribution in [0.1, 0.15) is 62.3 Å². The monoisotopic (exact) mass is 490 g/mol. The van der Waals surface area contributed by atoms with Crippen LogP contribution in [0.3, 0.4) is 0 Å². The van der Waals surface area contributed by atoms with Gasteiger partial charge in [0, 0.05) is 24.6 Å². The quantitative estimate of drug-likeness (QED) is 0.310. The number of rotatable bonds is 7. The Bertz CT molecular complexity index is 655. The predicted molar refractivity (Wildman–Crippen MR) is 115 cm³/mol. The molecule has 2 aliphatic rings. The number of ether oxygens (including phenoxy) is 1. The molecule has 1 aromatic heterocycles. The largest absolute Gasteiger partial charge is 0.454 e. The van der Waals surface area contributed by atoms with Crippen LogP contribution in [0.25, 0.3) is 0 Å². The summed E-state index contributed by atoms with van der Waals surface area (Å²) in [7, 11) is 0. The van der Waals surface area contributed by atoms with Crippen LogP contribution in [0.2, 0.25) is 0 Å². The number of nitrogens with one attached hydrogen (secondary N) is 2. The average Bonchev–Trinajstić information content (AvgIpc) is 3.29. The van der Waals surface area contributed by atoms with E-state index in [9.17, 15) is 4.79 Å². The van der Waals surface area contributed by atoms with E-state index in [0.717, 1.165) is 25.5 Å². The molecule has 8 heteroatoms. The van der Waals surface area contributed by atoms with E-state index in [2.05, 4.69) is 22.5 Å². The molecule has 3 rings (SSSR count). The van der Waals surface area contributed by atoms with E-state index in [0.29, 0.717) is 24.5 Å². The Balaban J connectivity index is 0.00000261. The van der Waals surface area contributed by atoms with Crippen LogP contribution in [-0.4, -0.2) is 37.2 Å². The van der Waals surface area contributed by atoms with Gasteiger partial charge in [-0.3, -0.25) is 4.79 Å². The minimum absolute atomic E-state index is 0. The third-order valence-corrected chi connectivity index (χ3v) is 5.64. The summed E-state index contributed by atoms with van der Waals surface area (Å²) >= 11 is 0. The highest BCUT2D eigenvalue weighted by atomic mass is 127. The highest BCUT2D eigenvalue weighted by molar-refractivity contribution is 14.0. The number of nitrogens with two attached hydrogens (primary N) is 1. The van der Waals surface area contributed by atoms with E-state index in [1.54, 1.807) is 12.1 Å². The second kappa shape index (κ2) is 9.77. The number of guanidine groups is 1. The normalized spacial score (nSPS) is 23.6. The van der Waals surface area contributed by atoms with Gasteiger partial charge in [0.15, 0.2) is 11.7 Å². The summed E-state index contributed by atoms with van der Waals surface area (Å²) in [5, 5.41) is 6.90. The molecule has 7 nitrogen and oxygen atoms in total. The lowest BCUT2D eigenvalue weighted by Gasteiger charge is -2.54. The molecule has 0 aromatic carbocycles. The van der Waals surface area contributed by atoms with Crippen molar-refractivity contribution in [2.45, 2.75) is 64.6 Å². The molecule has 0 bridgehead atoms. The van der Waals surface area contributed by atoms with Crippen LogP contribution >= 0.6 is 24.0 Å². The highest BCUT2D eigenvalue weighted by Crippen LogP contribution is 2.54. The Morgan fingerprint density at radius 3 is 2.70 bits per heavy atom. The van der Waals surface area contributed by atoms with Crippen molar-refractivity contribution in [3.63, 3.8) is 0 Å². The SMILES string of the molecule is CCNC(=NCc1ccc(C(N)=O)o1)NC1CC(OCC)C12CCCC2.I. The molecular formula is C19H31IN4O3. The number of primary amides is 1. The molecule has 0 saturated heterocycles. The number of amides is 1. The summed E-state index contributed by atoms with van der Waals surface area (Å²) in [6, 6.07) is 3.71. The Hall–Kier alpha value is -1.29. The van der Waals surface area contributed by atoms with Crippen molar-refractivity contribution in [1.82, 2.24) is 10.6 Å². The van der Waals surface area contributed by atoms with Crippen molar-refractivity contribution in [3.8, 4) is 0 Å². The van der Waals surface area contributed by atoms with Crippen LogP contribution in [0.5, 0.6) is 0 Å². The van der Waals surface area contributed by atoms with Crippen LogP contribution < -0.4 is 16.4 Å². The van der Waals surface area contributed by atoms with Crippen LogP contribution in [0.4, 0.5) is 0 Å². The lowest BCUT2D eigenvalue weighted by Crippen LogP contribution is -2.65. The number of halogens is 1. The molecule has 27 heavy (non-hydrogen) atoms. The number of hydrogen-bond acceptors (Lipinski definition) is 4. The van der Waals surface area contributed by atoms with Gasteiger partial charge in [-0.05, 0) is 45.2 Å². The van der Waals surface area contributed by atoms with Crippen molar-refractivity contribution in [2.24, 2.45) is 16.1 Å². The van der Waals surface area contributed by atoms with Crippen LogP contribution in [0.15, 0.2) is 21.5 Å². The number of furan rings is 1. The van der Waals surface area contributed by atoms with Gasteiger partial charge in [-0.15, -0.1) is 24.0 Å². The minimum atomic E-state index is -0.565. The van der Waals surface area contributed by atoms with E-state index >= 15 is 0 Å². The number of aliphatic imine (C=N–C) groups is 1. The maximum atomic E-state index is 11.1. The summed E-state index contributed by atoms with van der Waals surface area (Å²) in [6.45, 7) is 6.03. The zero-order valence-corrected chi connectivity index (χ0v) is 18.5. The second-order valence-electron chi connectivity index (χ2n) is 7.14. The van der Waals surface area contributed by atoms with Gasteiger partial charge in [-0.25, -0.2) is 4.99 Å². The molecule has 0 radical (unpaired) electrons. The fourth-order valence-corrected chi connectivity index (χ4v) is 4.33. The molecule has 0 aliphatic heterocycles. The molecular weight excluding hydrogens is 459 g/mol. The van der Waals surface area contributed by atoms with Crippen molar-refractivity contribution < 1.29 is 13.9 Å². The number of nitrogens with zero attached hydrogens (tertiary/aromatic N) is 1. The fraction of sp³-hybridized carbons (Fsp3) is 0.684. The molecule has 4 N–H and O–H groups in total. The first-order chi connectivity index (χ1) is 12.6. The van der Waals surface area contributed by atoms with E-state index in [4.69, 9.17) is 14.9 Å². The van der Waals surface area contributed by atoms with Gasteiger partial charge in [0.25, 0.3) is 5.91 Å². The molecule has 2 fully saturated rings. The Morgan fingerprint density at radius 1 is 1.37 bits per heavy atom. The van der Waals surface area contributed by atoms with E-state index < -0.39 is 5.91 Å². The van der Waals surface area contributed by atoms with Crippen LogP contribution in [0, 0.1) is 5.41 Å². The first-order valence-corrected chi connectivity index (χ1v) is 9.64. The van der Waals surface area contributed by atoms with Crippen molar-refractivity contribution in [1.29, 1.82) is 0 Å². The molecule has 1 aromatic rings. The van der Waals surface area contributed by atoms with Crippen molar-refractivity contribution in [3.05, 3.63) is 23.7 Å². The zero-order chi connectivity index (χ0) is 18.6. The average molecular weight is 490 g/mol. The lowest BCUT2D eigenvalue weighted by molar-refractivity contribution is -0.125. The standard InChI is InChI=1S/C19H30N4O3.HI/c1-3-21-18(22-12-13-7-8-14(26-13)17(20)24)23-15-11-16(25-4-2)19(15)9-5-6-10-19;/h7-8,15-16H,3-6,9-12H2,1-2H3,(H2,20,24)(H2,21,22,23);1H. The van der Waals surface area contributed by atoms with E-state index in [-0.39, 0.29) is 35.2 Å². The van der Waals surface area contributed by atoms with Crippen molar-refractivity contribution >= 4 is 35.8 Å². The molecule has 2 saturated carbocycles. The third-order valence-electron chi connectivity index (χ3n) is 5.64. The number of carbonyl (C=O) groups excluding carboxylic acids is 1.